The van der Waals surface area contributed by atoms with Gasteiger partial charge in [0.15, 0.2) is 6.10 Å². The van der Waals surface area contributed by atoms with E-state index in [0.29, 0.717) is 18.7 Å². The average Bonchev–Trinajstić information content (AvgIpc) is 3.76. The molecule has 1 heterocycles. The minimum atomic E-state index is -0.572. The summed E-state index contributed by atoms with van der Waals surface area (Å²) < 4.78 is 6.32. The highest BCUT2D eigenvalue weighted by Gasteiger charge is 2.39. The molecule has 0 N–H and O–H groups in total. The molecule has 5 nitrogen and oxygen atoms in total. The molecule has 1 aliphatic heterocycles. The molecule has 3 aromatic carbocycles. The van der Waals surface area contributed by atoms with Crippen LogP contribution in [0, 0.1) is 12.8 Å². The number of nitrogens with zero attached hydrogens (tertiary/aromatic N) is 2. The van der Waals surface area contributed by atoms with Crippen LogP contribution in [0.25, 0.3) is 0 Å². The molecule has 0 radical (unpaired) electrons. The van der Waals surface area contributed by atoms with Gasteiger partial charge in [-0.25, -0.2) is 0 Å². The molecule has 0 bridgehead atoms. The third kappa shape index (κ3) is 5.56. The van der Waals surface area contributed by atoms with Gasteiger partial charge in [0.1, 0.15) is 5.75 Å². The number of amides is 2. The van der Waals surface area contributed by atoms with E-state index in [1.165, 1.54) is 11.1 Å². The predicted molar refractivity (Wildman–Crippen MR) is 145 cm³/mol. The first-order chi connectivity index (χ1) is 17.9. The first-order valence-electron chi connectivity index (χ1n) is 13.4. The van der Waals surface area contributed by atoms with E-state index in [1.54, 1.807) is 4.90 Å². The zero-order valence-electron chi connectivity index (χ0n) is 22.0. The van der Waals surface area contributed by atoms with Crippen molar-refractivity contribution in [2.75, 3.05) is 13.6 Å². The maximum absolute atomic E-state index is 13.3. The van der Waals surface area contributed by atoms with Crippen LogP contribution in [0.4, 0.5) is 0 Å². The van der Waals surface area contributed by atoms with Crippen molar-refractivity contribution in [2.24, 2.45) is 5.92 Å². The molecule has 1 fully saturated rings. The first-order valence-corrected chi connectivity index (χ1v) is 13.4. The standard InChI is InChI=1S/C32H36N2O3/c1-4-29(32(36)33(3)21-23-10-6-5-7-11-23)37-27-16-15-24-17-18-34(31(35)25-13-14-25)30(28(24)20-27)26-12-8-9-22(2)19-26/h5-12,15-16,19-20,25,29-30H,4,13-14,17-18,21H2,1-3H3/t29-,30+/m0/s1. The van der Waals surface area contributed by atoms with Crippen LogP contribution >= 0.6 is 0 Å². The first kappa shape index (κ1) is 25.1. The lowest BCUT2D eigenvalue weighted by Gasteiger charge is -2.38. The molecular formula is C32H36N2O3. The zero-order chi connectivity index (χ0) is 25.9. The molecule has 2 amide bonds. The molecule has 2 aliphatic rings. The number of carbonyl (C=O) groups is 2. The van der Waals surface area contributed by atoms with Crippen LogP contribution in [0.3, 0.4) is 0 Å². The van der Waals surface area contributed by atoms with E-state index in [9.17, 15) is 9.59 Å². The van der Waals surface area contributed by atoms with Crippen molar-refractivity contribution in [3.05, 3.63) is 101 Å². The zero-order valence-corrected chi connectivity index (χ0v) is 22.0. The smallest absolute Gasteiger partial charge is 0.263 e. The molecule has 1 aliphatic carbocycles. The molecule has 1 saturated carbocycles. The summed E-state index contributed by atoms with van der Waals surface area (Å²) >= 11 is 0. The van der Waals surface area contributed by atoms with Crippen molar-refractivity contribution >= 4 is 11.8 Å². The number of carbonyl (C=O) groups excluding carboxylic acids is 2. The van der Waals surface area contributed by atoms with Gasteiger partial charge in [-0.2, -0.15) is 0 Å². The Morgan fingerprint density at radius 2 is 1.81 bits per heavy atom. The number of rotatable bonds is 8. The van der Waals surface area contributed by atoms with E-state index in [4.69, 9.17) is 4.74 Å². The van der Waals surface area contributed by atoms with E-state index in [1.807, 2.05) is 50.4 Å². The normalized spacial score (nSPS) is 17.6. The average molecular weight is 497 g/mol. The number of aryl methyl sites for hydroxylation is 1. The largest absolute Gasteiger partial charge is 0.481 e. The van der Waals surface area contributed by atoms with Gasteiger partial charge in [0.2, 0.25) is 5.91 Å². The molecule has 0 saturated heterocycles. The predicted octanol–water partition coefficient (Wildman–Crippen LogP) is 5.70. The summed E-state index contributed by atoms with van der Waals surface area (Å²) in [5, 5.41) is 0. The van der Waals surface area contributed by atoms with Gasteiger partial charge in [-0.1, -0.05) is 73.2 Å². The Morgan fingerprint density at radius 1 is 1.03 bits per heavy atom. The van der Waals surface area contributed by atoms with Crippen LogP contribution in [0.15, 0.2) is 72.8 Å². The molecule has 0 aromatic heterocycles. The fraction of sp³-hybridized carbons (Fsp3) is 0.375. The lowest BCUT2D eigenvalue weighted by atomic mass is 9.87. The summed E-state index contributed by atoms with van der Waals surface area (Å²) in [6, 6.07) is 24.4. The Hall–Kier alpha value is -3.60. The van der Waals surface area contributed by atoms with Crippen LogP contribution in [0.2, 0.25) is 0 Å². The summed E-state index contributed by atoms with van der Waals surface area (Å²) in [6.45, 7) is 5.32. The fourth-order valence-corrected chi connectivity index (χ4v) is 5.32. The number of benzene rings is 3. The van der Waals surface area contributed by atoms with Crippen molar-refractivity contribution < 1.29 is 14.3 Å². The molecule has 37 heavy (non-hydrogen) atoms. The number of hydrogen-bond acceptors (Lipinski definition) is 3. The molecule has 5 rings (SSSR count). The number of fused-ring (bicyclic) bond motifs is 1. The summed E-state index contributed by atoms with van der Waals surface area (Å²) in [5.74, 6) is 1.05. The van der Waals surface area contributed by atoms with Crippen molar-refractivity contribution in [1.82, 2.24) is 9.80 Å². The Balaban J connectivity index is 1.41. The Kier molecular flexibility index (Phi) is 7.31. The summed E-state index contributed by atoms with van der Waals surface area (Å²) in [6.07, 6.45) is 2.80. The molecule has 192 valence electrons. The van der Waals surface area contributed by atoms with Gasteiger partial charge in [0, 0.05) is 26.1 Å². The van der Waals surface area contributed by atoms with E-state index in [-0.39, 0.29) is 23.8 Å². The molecule has 2 atom stereocenters. The topological polar surface area (TPSA) is 49.9 Å². The molecule has 0 spiro atoms. The van der Waals surface area contributed by atoms with Gasteiger partial charge >= 0.3 is 0 Å². The van der Waals surface area contributed by atoms with Gasteiger partial charge in [-0.05, 0) is 67.0 Å². The SMILES string of the molecule is CC[C@H](Oc1ccc2c(c1)[C@@H](c1cccc(C)c1)N(C(=O)C1CC1)CC2)C(=O)N(C)Cc1ccccc1. The third-order valence-electron chi connectivity index (χ3n) is 7.48. The van der Waals surface area contributed by atoms with Crippen LogP contribution in [0.5, 0.6) is 5.75 Å². The maximum atomic E-state index is 13.3. The van der Waals surface area contributed by atoms with Crippen molar-refractivity contribution in [2.45, 2.75) is 58.2 Å². The third-order valence-corrected chi connectivity index (χ3v) is 7.48. The lowest BCUT2D eigenvalue weighted by Crippen LogP contribution is -2.41. The summed E-state index contributed by atoms with van der Waals surface area (Å²) in [4.78, 5) is 30.4. The number of likely N-dealkylation sites (N-methyl/N-ethyl adjacent to an activating group) is 1. The van der Waals surface area contributed by atoms with Crippen molar-refractivity contribution in [3.8, 4) is 5.75 Å². The number of hydrogen-bond donors (Lipinski definition) is 0. The molecule has 3 aromatic rings. The highest BCUT2D eigenvalue weighted by Crippen LogP contribution is 2.41. The number of ether oxygens (including phenoxy) is 1. The fourth-order valence-electron chi connectivity index (χ4n) is 5.32. The quantitative estimate of drug-likeness (QED) is 0.402. The summed E-state index contributed by atoms with van der Waals surface area (Å²) in [5.41, 5.74) is 5.72. The second kappa shape index (κ2) is 10.8. The van der Waals surface area contributed by atoms with E-state index >= 15 is 0 Å². The van der Waals surface area contributed by atoms with Gasteiger partial charge in [-0.15, -0.1) is 0 Å². The summed E-state index contributed by atoms with van der Waals surface area (Å²) in [7, 11) is 1.82. The van der Waals surface area contributed by atoms with E-state index in [0.717, 1.165) is 42.5 Å². The lowest BCUT2D eigenvalue weighted by molar-refractivity contribution is -0.138. The van der Waals surface area contributed by atoms with Crippen LogP contribution in [0.1, 0.15) is 60.0 Å². The van der Waals surface area contributed by atoms with Crippen LogP contribution < -0.4 is 4.74 Å². The van der Waals surface area contributed by atoms with Gasteiger partial charge in [0.25, 0.3) is 5.91 Å². The van der Waals surface area contributed by atoms with Gasteiger partial charge in [-0.3, -0.25) is 9.59 Å². The van der Waals surface area contributed by atoms with Gasteiger partial charge < -0.3 is 14.5 Å². The monoisotopic (exact) mass is 496 g/mol. The highest BCUT2D eigenvalue weighted by molar-refractivity contribution is 5.82. The van der Waals surface area contributed by atoms with Crippen LogP contribution in [-0.4, -0.2) is 41.3 Å². The minimum Gasteiger partial charge on any atom is -0.481 e. The van der Waals surface area contributed by atoms with Crippen molar-refractivity contribution in [3.63, 3.8) is 0 Å². The Morgan fingerprint density at radius 3 is 2.51 bits per heavy atom. The molecular weight excluding hydrogens is 460 g/mol. The molecule has 0 unspecified atom stereocenters. The second-order valence-electron chi connectivity index (χ2n) is 10.4. The Labute approximate surface area is 220 Å². The molecule has 5 heteroatoms. The van der Waals surface area contributed by atoms with Crippen LogP contribution in [-0.2, 0) is 22.6 Å². The van der Waals surface area contributed by atoms with E-state index in [2.05, 4.69) is 48.2 Å². The van der Waals surface area contributed by atoms with Crippen molar-refractivity contribution in [1.29, 1.82) is 0 Å². The maximum Gasteiger partial charge on any atom is 0.263 e. The van der Waals surface area contributed by atoms with Gasteiger partial charge in [0.05, 0.1) is 6.04 Å². The highest BCUT2D eigenvalue weighted by atomic mass is 16.5. The second-order valence-corrected chi connectivity index (χ2v) is 10.4. The Bertz CT molecular complexity index is 1270. The van der Waals surface area contributed by atoms with E-state index < -0.39 is 6.10 Å². The minimum absolute atomic E-state index is 0.0372.